The van der Waals surface area contributed by atoms with Crippen molar-refractivity contribution in [3.05, 3.63) is 33.9 Å². The molecule has 0 bridgehead atoms. The van der Waals surface area contributed by atoms with Crippen LogP contribution in [0.2, 0.25) is 0 Å². The molecule has 0 aromatic heterocycles. The summed E-state index contributed by atoms with van der Waals surface area (Å²) in [4.78, 5) is 20.5. The van der Waals surface area contributed by atoms with Crippen LogP contribution in [0.25, 0.3) is 0 Å². The number of nitro groups is 1. The minimum Gasteiger partial charge on any atom is -0.478 e. The molecule has 16 heavy (non-hydrogen) atoms. The van der Waals surface area contributed by atoms with E-state index in [9.17, 15) is 14.9 Å². The summed E-state index contributed by atoms with van der Waals surface area (Å²) in [6, 6.07) is 3.34. The largest absolute Gasteiger partial charge is 0.478 e. The van der Waals surface area contributed by atoms with Crippen LogP contribution in [-0.4, -0.2) is 22.6 Å². The Bertz CT molecular complexity index is 475. The highest BCUT2D eigenvalue weighted by Crippen LogP contribution is 2.27. The van der Waals surface area contributed by atoms with Gasteiger partial charge in [-0.25, -0.2) is 4.79 Å². The third kappa shape index (κ3) is 2.48. The van der Waals surface area contributed by atoms with E-state index >= 15 is 0 Å². The van der Waals surface area contributed by atoms with Gasteiger partial charge in [0.2, 0.25) is 0 Å². The zero-order valence-corrected chi connectivity index (χ0v) is 8.04. The maximum atomic E-state index is 10.6. The molecule has 0 heterocycles. The van der Waals surface area contributed by atoms with Crippen molar-refractivity contribution >= 4 is 11.7 Å². The summed E-state index contributed by atoms with van der Waals surface area (Å²) < 4.78 is 4.91. The SMILES string of the molecule is C#CCOc1ccc(C(=O)O)cc1[N+](=O)[O-]. The molecule has 1 N–H and O–H groups in total. The second-order valence-electron chi connectivity index (χ2n) is 2.74. The summed E-state index contributed by atoms with van der Waals surface area (Å²) in [6.07, 6.45) is 4.94. The van der Waals surface area contributed by atoms with Crippen LogP contribution < -0.4 is 4.74 Å². The van der Waals surface area contributed by atoms with Gasteiger partial charge < -0.3 is 9.84 Å². The third-order valence-electron chi connectivity index (χ3n) is 1.71. The Balaban J connectivity index is 3.15. The Morgan fingerprint density at radius 3 is 2.81 bits per heavy atom. The van der Waals surface area contributed by atoms with Crippen LogP contribution in [0, 0.1) is 22.5 Å². The molecule has 0 unspecified atom stereocenters. The van der Waals surface area contributed by atoms with Gasteiger partial charge in [-0.2, -0.15) is 0 Å². The second kappa shape index (κ2) is 4.79. The highest BCUT2D eigenvalue weighted by molar-refractivity contribution is 5.88. The minimum absolute atomic E-state index is 0.0482. The number of hydrogen-bond acceptors (Lipinski definition) is 4. The summed E-state index contributed by atoms with van der Waals surface area (Å²) in [7, 11) is 0. The Morgan fingerprint density at radius 1 is 1.62 bits per heavy atom. The van der Waals surface area contributed by atoms with Gasteiger partial charge in [0.05, 0.1) is 10.5 Å². The van der Waals surface area contributed by atoms with Crippen LogP contribution in [-0.2, 0) is 0 Å². The van der Waals surface area contributed by atoms with Gasteiger partial charge in [0, 0.05) is 6.07 Å². The van der Waals surface area contributed by atoms with Gasteiger partial charge in [0.15, 0.2) is 5.75 Å². The number of benzene rings is 1. The van der Waals surface area contributed by atoms with Crippen molar-refractivity contribution in [2.45, 2.75) is 0 Å². The molecule has 0 aliphatic heterocycles. The molecule has 0 saturated carbocycles. The fourth-order valence-electron chi connectivity index (χ4n) is 1.03. The highest BCUT2D eigenvalue weighted by Gasteiger charge is 2.18. The molecule has 0 fully saturated rings. The van der Waals surface area contributed by atoms with Crippen molar-refractivity contribution < 1.29 is 19.6 Å². The number of hydrogen-bond donors (Lipinski definition) is 1. The number of ether oxygens (including phenoxy) is 1. The third-order valence-corrected chi connectivity index (χ3v) is 1.71. The lowest BCUT2D eigenvalue weighted by molar-refractivity contribution is -0.385. The number of aromatic carboxylic acids is 1. The normalized spacial score (nSPS) is 9.19. The quantitative estimate of drug-likeness (QED) is 0.470. The van der Waals surface area contributed by atoms with Crippen molar-refractivity contribution in [2.24, 2.45) is 0 Å². The van der Waals surface area contributed by atoms with Crippen molar-refractivity contribution in [2.75, 3.05) is 6.61 Å². The number of nitrogens with zero attached hydrogens (tertiary/aromatic N) is 1. The highest BCUT2D eigenvalue weighted by atomic mass is 16.6. The molecule has 0 amide bonds. The van der Waals surface area contributed by atoms with Crippen molar-refractivity contribution in [1.82, 2.24) is 0 Å². The van der Waals surface area contributed by atoms with E-state index in [1.54, 1.807) is 0 Å². The number of carboxylic acid groups (broad SMARTS) is 1. The maximum absolute atomic E-state index is 10.6. The molecule has 6 heteroatoms. The van der Waals surface area contributed by atoms with Crippen LogP contribution in [0.1, 0.15) is 10.4 Å². The molecular formula is C10H7NO5. The first-order valence-corrected chi connectivity index (χ1v) is 4.14. The van der Waals surface area contributed by atoms with Crippen molar-refractivity contribution in [3.63, 3.8) is 0 Å². The number of nitro benzene ring substituents is 1. The topological polar surface area (TPSA) is 89.7 Å². The van der Waals surface area contributed by atoms with Crippen LogP contribution >= 0.6 is 0 Å². The van der Waals surface area contributed by atoms with Crippen LogP contribution in [0.5, 0.6) is 5.75 Å². The molecule has 82 valence electrons. The molecule has 1 rings (SSSR count). The fraction of sp³-hybridized carbons (Fsp3) is 0.100. The van der Waals surface area contributed by atoms with Gasteiger partial charge >= 0.3 is 11.7 Å². The van der Waals surface area contributed by atoms with E-state index in [1.165, 1.54) is 12.1 Å². The van der Waals surface area contributed by atoms with E-state index in [0.29, 0.717) is 0 Å². The number of carboxylic acids is 1. The summed E-state index contributed by atoms with van der Waals surface area (Å²) in [5, 5.41) is 19.3. The van der Waals surface area contributed by atoms with E-state index in [-0.39, 0.29) is 17.9 Å². The first kappa shape index (κ1) is 11.5. The predicted molar refractivity (Wildman–Crippen MR) is 54.4 cm³/mol. The van der Waals surface area contributed by atoms with E-state index in [4.69, 9.17) is 16.3 Å². The summed E-state index contributed by atoms with van der Waals surface area (Å²) in [5.41, 5.74) is -0.602. The van der Waals surface area contributed by atoms with Crippen LogP contribution in [0.4, 0.5) is 5.69 Å². The Kier molecular flexibility index (Phi) is 3.45. The van der Waals surface area contributed by atoms with E-state index in [1.807, 2.05) is 0 Å². The molecule has 0 saturated heterocycles. The Labute approximate surface area is 90.6 Å². The average Bonchev–Trinajstić information content (AvgIpc) is 2.25. The zero-order chi connectivity index (χ0) is 12.1. The van der Waals surface area contributed by atoms with Crippen molar-refractivity contribution in [1.29, 1.82) is 0 Å². The maximum Gasteiger partial charge on any atom is 0.335 e. The standard InChI is InChI=1S/C10H7NO5/c1-2-5-16-9-4-3-7(10(12)13)6-8(9)11(14)15/h1,3-4,6H,5H2,(H,12,13). The average molecular weight is 221 g/mol. The monoisotopic (exact) mass is 221 g/mol. The molecule has 1 aromatic rings. The van der Waals surface area contributed by atoms with Gasteiger partial charge in [-0.3, -0.25) is 10.1 Å². The summed E-state index contributed by atoms with van der Waals surface area (Å²) in [5.74, 6) is 0.866. The first-order chi connectivity index (χ1) is 7.56. The van der Waals surface area contributed by atoms with E-state index in [0.717, 1.165) is 6.07 Å². The number of carbonyl (C=O) groups is 1. The Hall–Kier alpha value is -2.55. The lowest BCUT2D eigenvalue weighted by atomic mass is 10.2. The zero-order valence-electron chi connectivity index (χ0n) is 8.04. The van der Waals surface area contributed by atoms with Gasteiger partial charge in [-0.05, 0) is 12.1 Å². The van der Waals surface area contributed by atoms with Gasteiger partial charge in [0.25, 0.3) is 0 Å². The molecule has 6 nitrogen and oxygen atoms in total. The molecular weight excluding hydrogens is 214 g/mol. The molecule has 1 aromatic carbocycles. The lowest BCUT2D eigenvalue weighted by Crippen LogP contribution is -2.02. The van der Waals surface area contributed by atoms with Crippen LogP contribution in [0.3, 0.4) is 0 Å². The molecule has 0 spiro atoms. The predicted octanol–water partition coefficient (Wildman–Crippen LogP) is 1.30. The number of rotatable bonds is 4. The summed E-state index contributed by atoms with van der Waals surface area (Å²) >= 11 is 0. The number of terminal acetylenes is 1. The minimum atomic E-state index is -1.24. The van der Waals surface area contributed by atoms with Gasteiger partial charge in [-0.1, -0.05) is 5.92 Å². The fourth-order valence-corrected chi connectivity index (χ4v) is 1.03. The van der Waals surface area contributed by atoms with Crippen molar-refractivity contribution in [3.8, 4) is 18.1 Å². The first-order valence-electron chi connectivity index (χ1n) is 4.14. The van der Waals surface area contributed by atoms with Gasteiger partial charge in [-0.15, -0.1) is 6.42 Å². The summed E-state index contributed by atoms with van der Waals surface area (Å²) in [6.45, 7) is -0.118. The van der Waals surface area contributed by atoms with Crippen LogP contribution in [0.15, 0.2) is 18.2 Å². The lowest BCUT2D eigenvalue weighted by Gasteiger charge is -2.03. The van der Waals surface area contributed by atoms with E-state index in [2.05, 4.69) is 5.92 Å². The molecule has 0 atom stereocenters. The molecule has 0 radical (unpaired) electrons. The molecule has 0 aliphatic carbocycles. The smallest absolute Gasteiger partial charge is 0.335 e. The van der Waals surface area contributed by atoms with Gasteiger partial charge in [0.1, 0.15) is 6.61 Å². The Morgan fingerprint density at radius 2 is 2.31 bits per heavy atom. The second-order valence-corrected chi connectivity index (χ2v) is 2.74. The molecule has 0 aliphatic rings. The van der Waals surface area contributed by atoms with E-state index < -0.39 is 16.6 Å².